The molecule has 0 unspecified atom stereocenters. The third-order valence-corrected chi connectivity index (χ3v) is 5.66. The molecule has 0 radical (unpaired) electrons. The van der Waals surface area contributed by atoms with Crippen LogP contribution in [0.5, 0.6) is 0 Å². The van der Waals surface area contributed by atoms with Gasteiger partial charge in [0.15, 0.2) is 9.99 Å². The van der Waals surface area contributed by atoms with E-state index in [1.807, 2.05) is 6.92 Å². The number of hydrogen-bond acceptors (Lipinski definition) is 8. The summed E-state index contributed by atoms with van der Waals surface area (Å²) in [6.45, 7) is 3.80. The molecular weight excluding hydrogens is 400 g/mol. The number of thioether (sulfide) groups is 1. The van der Waals surface area contributed by atoms with E-state index in [1.54, 1.807) is 36.9 Å². The maximum atomic E-state index is 12.6. The first-order valence-electron chi connectivity index (χ1n) is 8.57. The first kappa shape index (κ1) is 20.0. The van der Waals surface area contributed by atoms with Gasteiger partial charge in [0.2, 0.25) is 5.91 Å². The number of anilines is 1. The van der Waals surface area contributed by atoms with Crippen LogP contribution in [0.1, 0.15) is 24.2 Å². The predicted octanol–water partition coefficient (Wildman–Crippen LogP) is 2.78. The highest BCUT2D eigenvalue weighted by Crippen LogP contribution is 2.25. The summed E-state index contributed by atoms with van der Waals surface area (Å²) in [5.74, 6) is -0.0197. The SMILES string of the molecule is CCOC(=O)c1cccc(NC(=O)Cn2cnc3nc(SCC)sc3c2=O)c1. The Kier molecular flexibility index (Phi) is 6.42. The number of amides is 1. The number of fused-ring (bicyclic) bond motifs is 1. The topological polar surface area (TPSA) is 103 Å². The monoisotopic (exact) mass is 418 g/mol. The van der Waals surface area contributed by atoms with E-state index < -0.39 is 11.9 Å². The molecule has 2 heterocycles. The van der Waals surface area contributed by atoms with Crippen LogP contribution in [0, 0.1) is 0 Å². The minimum absolute atomic E-state index is 0.195. The fraction of sp³-hybridized carbons (Fsp3) is 0.278. The number of carbonyl (C=O) groups excluding carboxylic acids is 2. The molecule has 1 aromatic carbocycles. The van der Waals surface area contributed by atoms with E-state index >= 15 is 0 Å². The Morgan fingerprint density at radius 2 is 2.14 bits per heavy atom. The van der Waals surface area contributed by atoms with E-state index in [-0.39, 0.29) is 18.7 Å². The van der Waals surface area contributed by atoms with Gasteiger partial charge >= 0.3 is 5.97 Å². The number of aromatic nitrogens is 3. The number of carbonyl (C=O) groups is 2. The van der Waals surface area contributed by atoms with Crippen LogP contribution < -0.4 is 10.9 Å². The average molecular weight is 419 g/mol. The molecule has 0 spiro atoms. The largest absolute Gasteiger partial charge is 0.462 e. The summed E-state index contributed by atoms with van der Waals surface area (Å²) >= 11 is 2.82. The minimum Gasteiger partial charge on any atom is -0.462 e. The van der Waals surface area contributed by atoms with Crippen LogP contribution in [0.15, 0.2) is 39.7 Å². The molecule has 0 bridgehead atoms. The average Bonchev–Trinajstić information content (AvgIpc) is 3.08. The van der Waals surface area contributed by atoms with Crippen molar-refractivity contribution in [2.24, 2.45) is 0 Å². The predicted molar refractivity (Wildman–Crippen MR) is 109 cm³/mol. The number of ether oxygens (including phenoxy) is 1. The van der Waals surface area contributed by atoms with Crippen molar-refractivity contribution in [3.63, 3.8) is 0 Å². The van der Waals surface area contributed by atoms with Crippen molar-refractivity contribution >= 4 is 51.0 Å². The fourth-order valence-corrected chi connectivity index (χ4v) is 4.36. The van der Waals surface area contributed by atoms with Gasteiger partial charge in [-0.15, -0.1) is 11.3 Å². The number of esters is 1. The van der Waals surface area contributed by atoms with Crippen LogP contribution in [-0.2, 0) is 16.1 Å². The Morgan fingerprint density at radius 1 is 1.32 bits per heavy atom. The third kappa shape index (κ3) is 4.57. The molecule has 0 fully saturated rings. The maximum Gasteiger partial charge on any atom is 0.338 e. The lowest BCUT2D eigenvalue weighted by Crippen LogP contribution is -2.27. The summed E-state index contributed by atoms with van der Waals surface area (Å²) < 4.78 is 7.39. The molecule has 1 N–H and O–H groups in total. The summed E-state index contributed by atoms with van der Waals surface area (Å²) in [6.07, 6.45) is 1.32. The number of nitrogens with zero attached hydrogens (tertiary/aromatic N) is 3. The second-order valence-corrected chi connectivity index (χ2v) is 8.10. The molecule has 0 aliphatic rings. The van der Waals surface area contributed by atoms with E-state index in [2.05, 4.69) is 15.3 Å². The van der Waals surface area contributed by atoms with Gasteiger partial charge in [-0.05, 0) is 30.9 Å². The molecule has 146 valence electrons. The lowest BCUT2D eigenvalue weighted by molar-refractivity contribution is -0.116. The van der Waals surface area contributed by atoms with Gasteiger partial charge in [0, 0.05) is 5.69 Å². The summed E-state index contributed by atoms with van der Waals surface area (Å²) in [5, 5.41) is 2.68. The molecule has 2 aromatic heterocycles. The molecule has 0 saturated carbocycles. The second kappa shape index (κ2) is 8.98. The highest BCUT2D eigenvalue weighted by molar-refractivity contribution is 8.01. The van der Waals surface area contributed by atoms with Gasteiger partial charge in [-0.2, -0.15) is 0 Å². The molecule has 8 nitrogen and oxygen atoms in total. The lowest BCUT2D eigenvalue weighted by atomic mass is 10.2. The number of benzene rings is 1. The molecule has 28 heavy (non-hydrogen) atoms. The Hall–Kier alpha value is -2.72. The second-order valence-electron chi connectivity index (χ2n) is 5.59. The van der Waals surface area contributed by atoms with Gasteiger partial charge in [0.05, 0.1) is 12.2 Å². The van der Waals surface area contributed by atoms with Gasteiger partial charge in [0.1, 0.15) is 17.6 Å². The minimum atomic E-state index is -0.463. The lowest BCUT2D eigenvalue weighted by Gasteiger charge is -2.08. The van der Waals surface area contributed by atoms with Gasteiger partial charge < -0.3 is 10.1 Å². The van der Waals surface area contributed by atoms with Crippen molar-refractivity contribution in [3.05, 3.63) is 46.5 Å². The Morgan fingerprint density at radius 3 is 2.89 bits per heavy atom. The molecule has 3 rings (SSSR count). The van der Waals surface area contributed by atoms with Crippen molar-refractivity contribution < 1.29 is 14.3 Å². The van der Waals surface area contributed by atoms with E-state index in [4.69, 9.17) is 4.74 Å². The summed E-state index contributed by atoms with van der Waals surface area (Å²) in [5.41, 5.74) is 0.869. The summed E-state index contributed by atoms with van der Waals surface area (Å²) in [7, 11) is 0. The Labute approximate surface area is 169 Å². The molecule has 0 saturated heterocycles. The molecule has 0 aliphatic heterocycles. The highest BCUT2D eigenvalue weighted by Gasteiger charge is 2.14. The smallest absolute Gasteiger partial charge is 0.338 e. The Bertz CT molecular complexity index is 1080. The van der Waals surface area contributed by atoms with Gasteiger partial charge in [0.25, 0.3) is 5.56 Å². The Balaban J connectivity index is 1.74. The van der Waals surface area contributed by atoms with E-state index in [1.165, 1.54) is 28.3 Å². The van der Waals surface area contributed by atoms with Crippen molar-refractivity contribution in [1.29, 1.82) is 0 Å². The quantitative estimate of drug-likeness (QED) is 0.465. The highest BCUT2D eigenvalue weighted by atomic mass is 32.2. The van der Waals surface area contributed by atoms with Crippen LogP contribution in [0.4, 0.5) is 5.69 Å². The third-order valence-electron chi connectivity index (χ3n) is 3.60. The van der Waals surface area contributed by atoms with Crippen molar-refractivity contribution in [1.82, 2.24) is 14.5 Å². The van der Waals surface area contributed by atoms with Crippen molar-refractivity contribution in [2.75, 3.05) is 17.7 Å². The first-order chi connectivity index (χ1) is 13.5. The van der Waals surface area contributed by atoms with Crippen LogP contribution in [0.25, 0.3) is 10.3 Å². The number of hydrogen-bond donors (Lipinski definition) is 1. The number of thiazole rings is 1. The van der Waals surface area contributed by atoms with Gasteiger partial charge in [-0.25, -0.2) is 14.8 Å². The molecular formula is C18H18N4O4S2. The molecule has 10 heteroatoms. The van der Waals surface area contributed by atoms with E-state index in [0.717, 1.165) is 10.1 Å². The van der Waals surface area contributed by atoms with Gasteiger partial charge in [-0.1, -0.05) is 24.8 Å². The van der Waals surface area contributed by atoms with E-state index in [0.29, 0.717) is 21.6 Å². The maximum absolute atomic E-state index is 12.6. The molecule has 0 atom stereocenters. The molecule has 1 amide bonds. The zero-order chi connectivity index (χ0) is 20.1. The number of nitrogens with one attached hydrogen (secondary N) is 1. The normalized spacial score (nSPS) is 10.8. The molecule has 3 aromatic rings. The summed E-state index contributed by atoms with van der Waals surface area (Å²) in [6, 6.07) is 6.43. The van der Waals surface area contributed by atoms with Crippen LogP contribution in [-0.4, -0.2) is 38.8 Å². The first-order valence-corrected chi connectivity index (χ1v) is 10.4. The fourth-order valence-electron chi connectivity index (χ4n) is 2.42. The standard InChI is InChI=1S/C18H18N4O4S2/c1-3-26-17(25)11-6-5-7-12(8-11)20-13(23)9-22-10-19-15-14(16(22)24)28-18(21-15)27-4-2/h5-8,10H,3-4,9H2,1-2H3,(H,20,23). The zero-order valence-corrected chi connectivity index (χ0v) is 16.9. The number of rotatable bonds is 7. The van der Waals surface area contributed by atoms with Crippen molar-refractivity contribution in [2.45, 2.75) is 24.7 Å². The van der Waals surface area contributed by atoms with Gasteiger partial charge in [-0.3, -0.25) is 14.2 Å². The molecule has 0 aliphatic carbocycles. The van der Waals surface area contributed by atoms with Crippen molar-refractivity contribution in [3.8, 4) is 0 Å². The van der Waals surface area contributed by atoms with Crippen LogP contribution in [0.3, 0.4) is 0 Å². The van der Waals surface area contributed by atoms with E-state index in [9.17, 15) is 14.4 Å². The zero-order valence-electron chi connectivity index (χ0n) is 15.3. The van der Waals surface area contributed by atoms with Crippen LogP contribution in [0.2, 0.25) is 0 Å². The van der Waals surface area contributed by atoms with Crippen LogP contribution >= 0.6 is 23.1 Å². The summed E-state index contributed by atoms with van der Waals surface area (Å²) in [4.78, 5) is 45.2.